The van der Waals surface area contributed by atoms with Crippen molar-refractivity contribution in [3.63, 3.8) is 0 Å². The fourth-order valence-corrected chi connectivity index (χ4v) is 2.07. The molecule has 25 heavy (non-hydrogen) atoms. The molecule has 3 heterocycles. The second-order valence-electron chi connectivity index (χ2n) is 4.86. The Morgan fingerprint density at radius 2 is 2.04 bits per heavy atom. The van der Waals surface area contributed by atoms with Crippen LogP contribution in [-0.4, -0.2) is 36.1 Å². The summed E-state index contributed by atoms with van der Waals surface area (Å²) in [6.45, 7) is -0.0295. The number of alkyl halides is 3. The summed E-state index contributed by atoms with van der Waals surface area (Å²) in [6, 6.07) is 3.63. The molecule has 0 saturated heterocycles. The Kier molecular flexibility index (Phi) is 4.09. The summed E-state index contributed by atoms with van der Waals surface area (Å²) in [4.78, 5) is 23.1. The second kappa shape index (κ2) is 6.22. The Morgan fingerprint density at radius 3 is 2.64 bits per heavy atom. The predicted molar refractivity (Wildman–Crippen MR) is 76.7 cm³/mol. The lowest BCUT2D eigenvalue weighted by Crippen LogP contribution is -2.26. The number of hydrogen-bond acceptors (Lipinski definition) is 5. The van der Waals surface area contributed by atoms with E-state index in [1.54, 1.807) is 6.07 Å². The van der Waals surface area contributed by atoms with Crippen molar-refractivity contribution in [2.75, 3.05) is 0 Å². The zero-order valence-corrected chi connectivity index (χ0v) is 12.3. The van der Waals surface area contributed by atoms with Crippen LogP contribution in [0, 0.1) is 0 Å². The van der Waals surface area contributed by atoms with E-state index in [1.165, 1.54) is 6.20 Å². The molecule has 0 atom stereocenters. The summed E-state index contributed by atoms with van der Waals surface area (Å²) >= 11 is 0. The SMILES string of the molecule is O=C(NCc1ccn[nH]1)c1cnn(-c2ccc(=O)[nH]n2)c1C(F)(F)F. The fraction of sp³-hybridized carbons (Fsp3) is 0.154. The minimum absolute atomic E-state index is 0.0295. The molecule has 0 unspecified atom stereocenters. The van der Waals surface area contributed by atoms with E-state index < -0.39 is 28.9 Å². The van der Waals surface area contributed by atoms with Gasteiger partial charge in [0.05, 0.1) is 24.0 Å². The fourth-order valence-electron chi connectivity index (χ4n) is 2.07. The molecule has 12 heteroatoms. The van der Waals surface area contributed by atoms with Crippen LogP contribution in [0.15, 0.2) is 35.4 Å². The van der Waals surface area contributed by atoms with Crippen LogP contribution >= 0.6 is 0 Å². The minimum Gasteiger partial charge on any atom is -0.346 e. The van der Waals surface area contributed by atoms with Gasteiger partial charge in [-0.3, -0.25) is 14.7 Å². The number of aromatic amines is 2. The Balaban J connectivity index is 1.95. The van der Waals surface area contributed by atoms with Crippen molar-refractivity contribution in [3.8, 4) is 5.82 Å². The van der Waals surface area contributed by atoms with Crippen molar-refractivity contribution in [1.82, 2.24) is 35.5 Å². The van der Waals surface area contributed by atoms with Gasteiger partial charge in [0.1, 0.15) is 0 Å². The summed E-state index contributed by atoms with van der Waals surface area (Å²) in [6.07, 6.45) is -2.63. The minimum atomic E-state index is -4.87. The van der Waals surface area contributed by atoms with Gasteiger partial charge < -0.3 is 5.32 Å². The highest BCUT2D eigenvalue weighted by atomic mass is 19.4. The quantitative estimate of drug-likeness (QED) is 0.635. The average Bonchev–Trinajstić information content (AvgIpc) is 3.22. The molecule has 0 aliphatic carbocycles. The van der Waals surface area contributed by atoms with Crippen LogP contribution in [0.5, 0.6) is 0 Å². The van der Waals surface area contributed by atoms with Gasteiger partial charge in [0.15, 0.2) is 11.5 Å². The van der Waals surface area contributed by atoms with Crippen molar-refractivity contribution in [1.29, 1.82) is 0 Å². The van der Waals surface area contributed by atoms with Gasteiger partial charge in [-0.25, -0.2) is 9.78 Å². The highest BCUT2D eigenvalue weighted by molar-refractivity contribution is 5.95. The van der Waals surface area contributed by atoms with E-state index in [-0.39, 0.29) is 12.4 Å². The Morgan fingerprint density at radius 1 is 1.24 bits per heavy atom. The molecule has 1 amide bonds. The monoisotopic (exact) mass is 353 g/mol. The topological polar surface area (TPSA) is 121 Å². The van der Waals surface area contributed by atoms with Crippen molar-refractivity contribution >= 4 is 5.91 Å². The predicted octanol–water partition coefficient (Wildman–Crippen LogP) is 0.628. The van der Waals surface area contributed by atoms with E-state index in [2.05, 4.69) is 25.7 Å². The van der Waals surface area contributed by atoms with Crippen molar-refractivity contribution in [2.45, 2.75) is 12.7 Å². The maximum atomic E-state index is 13.4. The molecule has 0 saturated carbocycles. The van der Waals surface area contributed by atoms with Crippen LogP contribution in [0.2, 0.25) is 0 Å². The van der Waals surface area contributed by atoms with Gasteiger partial charge in [-0.1, -0.05) is 0 Å². The van der Waals surface area contributed by atoms with Gasteiger partial charge in [-0.05, 0) is 12.1 Å². The number of carbonyl (C=O) groups excluding carboxylic acids is 1. The Bertz CT molecular complexity index is 923. The van der Waals surface area contributed by atoms with Gasteiger partial charge in [0.2, 0.25) is 0 Å². The first-order chi connectivity index (χ1) is 11.9. The number of hydrogen-bond donors (Lipinski definition) is 3. The molecular formula is C13H10F3N7O2. The van der Waals surface area contributed by atoms with Crippen molar-refractivity contribution in [2.24, 2.45) is 0 Å². The summed E-state index contributed by atoms with van der Waals surface area (Å²) in [5.41, 5.74) is -2.02. The normalized spacial score (nSPS) is 11.5. The van der Waals surface area contributed by atoms with E-state index in [9.17, 15) is 22.8 Å². The van der Waals surface area contributed by atoms with E-state index in [0.29, 0.717) is 10.4 Å². The van der Waals surface area contributed by atoms with E-state index in [1.807, 2.05) is 5.10 Å². The number of rotatable bonds is 4. The molecule has 0 spiro atoms. The Labute approximate surface area is 136 Å². The molecular weight excluding hydrogens is 343 g/mol. The van der Waals surface area contributed by atoms with Crippen LogP contribution in [-0.2, 0) is 12.7 Å². The third-order valence-electron chi connectivity index (χ3n) is 3.16. The van der Waals surface area contributed by atoms with Crippen molar-refractivity contribution in [3.05, 3.63) is 57.9 Å². The zero-order valence-electron chi connectivity index (χ0n) is 12.3. The summed E-state index contributed by atoms with van der Waals surface area (Å²) in [5.74, 6) is -1.24. The van der Waals surface area contributed by atoms with Crippen molar-refractivity contribution < 1.29 is 18.0 Å². The number of nitrogens with one attached hydrogen (secondary N) is 3. The second-order valence-corrected chi connectivity index (χ2v) is 4.86. The summed E-state index contributed by atoms with van der Waals surface area (Å²) < 4.78 is 40.7. The number of H-pyrrole nitrogens is 2. The largest absolute Gasteiger partial charge is 0.434 e. The highest BCUT2D eigenvalue weighted by Gasteiger charge is 2.40. The number of nitrogens with zero attached hydrogens (tertiary/aromatic N) is 4. The van der Waals surface area contributed by atoms with E-state index in [4.69, 9.17) is 0 Å². The van der Waals surface area contributed by atoms with Gasteiger partial charge in [-0.2, -0.15) is 28.5 Å². The van der Waals surface area contributed by atoms with Gasteiger partial charge in [-0.15, -0.1) is 0 Å². The molecule has 0 bridgehead atoms. The van der Waals surface area contributed by atoms with E-state index >= 15 is 0 Å². The molecule has 3 N–H and O–H groups in total. The smallest absolute Gasteiger partial charge is 0.346 e. The third kappa shape index (κ3) is 3.41. The standard InChI is InChI=1S/C13H10F3N7O2/c14-13(15,16)11-8(12(25)17-5-7-3-4-18-20-7)6-19-23(11)9-1-2-10(24)22-21-9/h1-4,6H,5H2,(H,17,25)(H,18,20)(H,22,24). The third-order valence-corrected chi connectivity index (χ3v) is 3.16. The number of halogens is 3. The molecule has 0 aliphatic rings. The number of amides is 1. The van der Waals surface area contributed by atoms with Gasteiger partial charge >= 0.3 is 6.18 Å². The molecule has 0 radical (unpaired) electrons. The van der Waals surface area contributed by atoms with Crippen LogP contribution in [0.3, 0.4) is 0 Å². The summed E-state index contributed by atoms with van der Waals surface area (Å²) in [5, 5.41) is 17.7. The lowest BCUT2D eigenvalue weighted by atomic mass is 10.2. The van der Waals surface area contributed by atoms with Crippen LogP contribution in [0.4, 0.5) is 13.2 Å². The molecule has 3 aromatic heterocycles. The maximum Gasteiger partial charge on any atom is 0.434 e. The molecule has 0 fully saturated rings. The first kappa shape index (κ1) is 16.4. The first-order valence-electron chi connectivity index (χ1n) is 6.84. The van der Waals surface area contributed by atoms with Crippen LogP contribution < -0.4 is 10.9 Å². The number of aromatic nitrogens is 6. The average molecular weight is 353 g/mol. The maximum absolute atomic E-state index is 13.4. The molecule has 130 valence electrons. The molecule has 0 aliphatic heterocycles. The summed E-state index contributed by atoms with van der Waals surface area (Å²) in [7, 11) is 0. The first-order valence-corrected chi connectivity index (χ1v) is 6.84. The lowest BCUT2D eigenvalue weighted by molar-refractivity contribution is -0.143. The molecule has 3 rings (SSSR count). The van der Waals surface area contributed by atoms with Gasteiger partial charge in [0, 0.05) is 12.3 Å². The van der Waals surface area contributed by atoms with Gasteiger partial charge in [0.25, 0.3) is 11.5 Å². The number of carbonyl (C=O) groups is 1. The molecule has 9 nitrogen and oxygen atoms in total. The molecule has 0 aromatic carbocycles. The zero-order chi connectivity index (χ0) is 18.0. The van der Waals surface area contributed by atoms with Crippen LogP contribution in [0.1, 0.15) is 21.7 Å². The van der Waals surface area contributed by atoms with Crippen LogP contribution in [0.25, 0.3) is 5.82 Å². The Hall–Kier alpha value is -3.44. The lowest BCUT2D eigenvalue weighted by Gasteiger charge is -2.11. The highest BCUT2D eigenvalue weighted by Crippen LogP contribution is 2.33. The molecule has 3 aromatic rings. The van der Waals surface area contributed by atoms with E-state index in [0.717, 1.165) is 18.3 Å².